The van der Waals surface area contributed by atoms with E-state index in [2.05, 4.69) is 10.3 Å². The van der Waals surface area contributed by atoms with E-state index in [0.29, 0.717) is 47.4 Å². The smallest absolute Gasteiger partial charge is 0.339 e. The van der Waals surface area contributed by atoms with Crippen molar-refractivity contribution in [3.05, 3.63) is 71.5 Å². The zero-order chi connectivity index (χ0) is 23.9. The second kappa shape index (κ2) is 8.64. The number of hydrogen-bond acceptors (Lipinski definition) is 8. The SMILES string of the molecule is Cc1ccc(S(=O)(=O)Oc2ccc3c4c(nn3CCNCCO)-c3ccncc3C(=O)c24)cc1. The lowest BCUT2D eigenvalue weighted by atomic mass is 9.88. The molecule has 9 nitrogen and oxygen atoms in total. The lowest BCUT2D eigenvalue weighted by molar-refractivity contribution is 0.103. The minimum absolute atomic E-state index is 0.00148. The largest absolute Gasteiger partial charge is 0.395 e. The fourth-order valence-corrected chi connectivity index (χ4v) is 5.02. The summed E-state index contributed by atoms with van der Waals surface area (Å²) in [6.07, 6.45) is 3.05. The van der Waals surface area contributed by atoms with Crippen molar-refractivity contribution >= 4 is 26.8 Å². The molecule has 1 aliphatic rings. The number of aromatic nitrogens is 3. The van der Waals surface area contributed by atoms with Crippen molar-refractivity contribution in [2.75, 3.05) is 19.7 Å². The number of ketones is 1. The molecular formula is C24H22N4O5S. The fraction of sp³-hybridized carbons (Fsp3) is 0.208. The van der Waals surface area contributed by atoms with Crippen molar-refractivity contribution < 1.29 is 22.5 Å². The Morgan fingerprint density at radius 3 is 2.62 bits per heavy atom. The van der Waals surface area contributed by atoms with Gasteiger partial charge in [0.2, 0.25) is 0 Å². The van der Waals surface area contributed by atoms with E-state index < -0.39 is 10.1 Å². The average Bonchev–Trinajstić information content (AvgIpc) is 3.20. The first kappa shape index (κ1) is 22.2. The number of carbonyl (C=O) groups excluding carboxylic acids is 1. The molecule has 34 heavy (non-hydrogen) atoms. The van der Waals surface area contributed by atoms with Gasteiger partial charge in [-0.25, -0.2) is 0 Å². The number of benzene rings is 2. The summed E-state index contributed by atoms with van der Waals surface area (Å²) in [5.74, 6) is -0.417. The first-order valence-electron chi connectivity index (χ1n) is 10.8. The second-order valence-corrected chi connectivity index (χ2v) is 9.53. The van der Waals surface area contributed by atoms with Gasteiger partial charge in [-0.05, 0) is 37.3 Å². The van der Waals surface area contributed by atoms with Crippen LogP contribution >= 0.6 is 0 Å². The normalized spacial score (nSPS) is 12.7. The van der Waals surface area contributed by atoms with Crippen molar-refractivity contribution in [2.24, 2.45) is 0 Å². The van der Waals surface area contributed by atoms with Crippen LogP contribution in [0, 0.1) is 6.92 Å². The van der Waals surface area contributed by atoms with Crippen molar-refractivity contribution in [2.45, 2.75) is 18.4 Å². The Morgan fingerprint density at radius 2 is 1.85 bits per heavy atom. The number of aliphatic hydroxyl groups excluding tert-OH is 1. The van der Waals surface area contributed by atoms with Crippen molar-refractivity contribution in [3.8, 4) is 17.0 Å². The maximum atomic E-state index is 13.5. The average molecular weight is 479 g/mol. The lowest BCUT2D eigenvalue weighted by Gasteiger charge is -2.17. The molecule has 0 atom stereocenters. The van der Waals surface area contributed by atoms with E-state index in [1.54, 1.807) is 35.1 Å². The molecule has 4 aromatic rings. The monoisotopic (exact) mass is 478 g/mol. The molecule has 0 unspecified atom stereocenters. The van der Waals surface area contributed by atoms with Gasteiger partial charge in [0.1, 0.15) is 10.6 Å². The second-order valence-electron chi connectivity index (χ2n) is 7.98. The molecule has 0 aliphatic heterocycles. The molecule has 10 heteroatoms. The molecule has 174 valence electrons. The third-order valence-corrected chi connectivity index (χ3v) is 6.98. The van der Waals surface area contributed by atoms with Crippen LogP contribution in [0.4, 0.5) is 0 Å². The predicted octanol–water partition coefficient (Wildman–Crippen LogP) is 2.30. The Morgan fingerprint density at radius 1 is 1.06 bits per heavy atom. The predicted molar refractivity (Wildman–Crippen MR) is 125 cm³/mol. The first-order valence-corrected chi connectivity index (χ1v) is 12.2. The van der Waals surface area contributed by atoms with Gasteiger partial charge in [-0.15, -0.1) is 0 Å². The summed E-state index contributed by atoms with van der Waals surface area (Å²) in [6.45, 7) is 3.40. The number of nitrogens with one attached hydrogen (secondary N) is 1. The van der Waals surface area contributed by atoms with E-state index in [9.17, 15) is 13.2 Å². The number of aryl methyl sites for hydroxylation is 1. The van der Waals surface area contributed by atoms with Crippen LogP contribution in [0.15, 0.2) is 59.8 Å². The van der Waals surface area contributed by atoms with E-state index in [4.69, 9.17) is 14.4 Å². The highest BCUT2D eigenvalue weighted by atomic mass is 32.2. The topological polar surface area (TPSA) is 123 Å². The molecule has 0 amide bonds. The Balaban J connectivity index is 1.64. The number of hydrogen-bond donors (Lipinski definition) is 2. The summed E-state index contributed by atoms with van der Waals surface area (Å²) in [7, 11) is -4.16. The molecular weight excluding hydrogens is 456 g/mol. The number of pyridine rings is 1. The van der Waals surface area contributed by atoms with Crippen molar-refractivity contribution in [3.63, 3.8) is 0 Å². The highest BCUT2D eigenvalue weighted by molar-refractivity contribution is 7.87. The number of carbonyl (C=O) groups is 1. The zero-order valence-electron chi connectivity index (χ0n) is 18.4. The Hall–Kier alpha value is -3.60. The molecule has 2 aromatic carbocycles. The van der Waals surface area contributed by atoms with Crippen LogP contribution in [-0.2, 0) is 16.7 Å². The molecule has 5 rings (SSSR count). The number of aliphatic hydroxyl groups is 1. The van der Waals surface area contributed by atoms with Gasteiger partial charge in [0, 0.05) is 36.4 Å². The maximum absolute atomic E-state index is 13.5. The summed E-state index contributed by atoms with van der Waals surface area (Å²) >= 11 is 0. The summed E-state index contributed by atoms with van der Waals surface area (Å²) in [4.78, 5) is 17.6. The van der Waals surface area contributed by atoms with Gasteiger partial charge >= 0.3 is 10.1 Å². The first-order chi connectivity index (χ1) is 16.4. The standard InChI is InChI=1S/C24H22N4O5S/c1-15-2-4-16(5-3-15)34(31,32)33-20-7-6-19-21-22(20)24(30)18-14-26-9-8-17(18)23(21)27-28(19)12-10-25-11-13-29/h2-9,14,25,29H,10-13H2,1H3. The number of fused-ring (bicyclic) bond motifs is 2. The van der Waals surface area contributed by atoms with Crippen LogP contribution in [0.2, 0.25) is 0 Å². The molecule has 2 heterocycles. The fourth-order valence-electron chi connectivity index (χ4n) is 4.08. The van der Waals surface area contributed by atoms with Gasteiger partial charge < -0.3 is 14.6 Å². The van der Waals surface area contributed by atoms with E-state index in [1.165, 1.54) is 24.4 Å². The molecule has 0 fully saturated rings. The third-order valence-electron chi connectivity index (χ3n) is 5.73. The molecule has 0 radical (unpaired) electrons. The highest BCUT2D eigenvalue weighted by Gasteiger charge is 2.33. The highest BCUT2D eigenvalue weighted by Crippen LogP contribution is 2.42. The summed E-state index contributed by atoms with van der Waals surface area (Å²) in [6, 6.07) is 11.2. The molecule has 2 N–H and O–H groups in total. The van der Waals surface area contributed by atoms with Crippen LogP contribution in [-0.4, -0.2) is 53.8 Å². The summed E-state index contributed by atoms with van der Waals surface area (Å²) < 4.78 is 33.2. The number of nitrogens with zero attached hydrogens (tertiary/aromatic N) is 3. The molecule has 2 aromatic heterocycles. The molecule has 0 saturated carbocycles. The van der Waals surface area contributed by atoms with E-state index in [-0.39, 0.29) is 28.6 Å². The molecule has 1 aliphatic carbocycles. The summed E-state index contributed by atoms with van der Waals surface area (Å²) in [5.41, 5.74) is 3.30. The summed E-state index contributed by atoms with van der Waals surface area (Å²) in [5, 5.41) is 17.4. The Kier molecular flexibility index (Phi) is 5.64. The molecule has 0 bridgehead atoms. The van der Waals surface area contributed by atoms with E-state index in [1.807, 2.05) is 6.92 Å². The Labute approximate surface area is 196 Å². The Bertz CT molecular complexity index is 1510. The minimum atomic E-state index is -4.16. The van der Waals surface area contributed by atoms with Crippen molar-refractivity contribution in [1.29, 1.82) is 0 Å². The number of rotatable bonds is 8. The van der Waals surface area contributed by atoms with Gasteiger partial charge in [0.05, 0.1) is 29.8 Å². The van der Waals surface area contributed by atoms with Gasteiger partial charge in [-0.2, -0.15) is 13.5 Å². The molecule has 0 spiro atoms. The van der Waals surface area contributed by atoms with Gasteiger partial charge in [-0.1, -0.05) is 17.7 Å². The molecule has 0 saturated heterocycles. The quantitative estimate of drug-likeness (QED) is 0.257. The van der Waals surface area contributed by atoms with Crippen LogP contribution in [0.5, 0.6) is 5.75 Å². The van der Waals surface area contributed by atoms with E-state index >= 15 is 0 Å². The van der Waals surface area contributed by atoms with Crippen LogP contribution < -0.4 is 9.50 Å². The van der Waals surface area contributed by atoms with Crippen LogP contribution in [0.1, 0.15) is 21.5 Å². The maximum Gasteiger partial charge on any atom is 0.339 e. The lowest BCUT2D eigenvalue weighted by Crippen LogP contribution is -2.23. The van der Waals surface area contributed by atoms with Crippen LogP contribution in [0.25, 0.3) is 22.2 Å². The van der Waals surface area contributed by atoms with E-state index in [0.717, 1.165) is 5.56 Å². The third kappa shape index (κ3) is 3.75. The van der Waals surface area contributed by atoms with Gasteiger partial charge in [0.15, 0.2) is 11.5 Å². The zero-order valence-corrected chi connectivity index (χ0v) is 19.2. The minimum Gasteiger partial charge on any atom is -0.395 e. The van der Waals surface area contributed by atoms with Gasteiger partial charge in [0.25, 0.3) is 0 Å². The van der Waals surface area contributed by atoms with Gasteiger partial charge in [-0.3, -0.25) is 14.5 Å². The van der Waals surface area contributed by atoms with Crippen LogP contribution in [0.3, 0.4) is 0 Å². The van der Waals surface area contributed by atoms with Crippen molar-refractivity contribution in [1.82, 2.24) is 20.1 Å².